The summed E-state index contributed by atoms with van der Waals surface area (Å²) in [6.45, 7) is 2.09. The van der Waals surface area contributed by atoms with E-state index < -0.39 is 0 Å². The summed E-state index contributed by atoms with van der Waals surface area (Å²) in [5.41, 5.74) is 1.09. The number of carbonyl (C=O) groups excluding carboxylic acids is 1. The molecule has 0 aliphatic rings. The predicted octanol–water partition coefficient (Wildman–Crippen LogP) is 4.31. The van der Waals surface area contributed by atoms with E-state index in [-0.39, 0.29) is 5.97 Å². The molecule has 0 fully saturated rings. The Hall–Kier alpha value is -2.47. The second-order valence-corrected chi connectivity index (χ2v) is 5.94. The Labute approximate surface area is 144 Å². The lowest BCUT2D eigenvalue weighted by molar-refractivity contribution is 0.0526. The molecule has 0 amide bonds. The number of pyridine rings is 1. The Morgan fingerprint density at radius 2 is 2.17 bits per heavy atom. The number of carbonyl (C=O) groups is 1. The summed E-state index contributed by atoms with van der Waals surface area (Å²) >= 11 is 1.50. The van der Waals surface area contributed by atoms with Gasteiger partial charge < -0.3 is 13.9 Å². The summed E-state index contributed by atoms with van der Waals surface area (Å²) < 4.78 is 16.3. The number of fused-ring (bicyclic) bond motifs is 1. The number of furan rings is 1. The van der Waals surface area contributed by atoms with Crippen LogP contribution < -0.4 is 4.74 Å². The zero-order valence-corrected chi connectivity index (χ0v) is 14.3. The maximum atomic E-state index is 12.4. The van der Waals surface area contributed by atoms with Crippen molar-refractivity contribution < 1.29 is 18.7 Å². The van der Waals surface area contributed by atoms with Gasteiger partial charge in [-0.05, 0) is 37.3 Å². The van der Waals surface area contributed by atoms with Crippen LogP contribution in [-0.4, -0.2) is 24.7 Å². The van der Waals surface area contributed by atoms with Gasteiger partial charge in [0, 0.05) is 11.6 Å². The fraction of sp³-hybridized carbons (Fsp3) is 0.222. The van der Waals surface area contributed by atoms with Gasteiger partial charge in [-0.3, -0.25) is 0 Å². The number of rotatable bonds is 6. The number of esters is 1. The van der Waals surface area contributed by atoms with Gasteiger partial charge in [0.05, 0.1) is 24.5 Å². The minimum Gasteiger partial charge on any atom is -0.497 e. The first-order chi connectivity index (χ1) is 11.7. The molecular formula is C18H17NO4S. The number of aromatic nitrogens is 1. The SMILES string of the molecule is CCOC(=O)c1c(CSc2ccccn2)oc2ccc(OC)cc12. The quantitative estimate of drug-likeness (QED) is 0.491. The number of hydrogen-bond donors (Lipinski definition) is 0. The van der Waals surface area contributed by atoms with Crippen LogP contribution in [0.2, 0.25) is 0 Å². The Morgan fingerprint density at radius 1 is 1.29 bits per heavy atom. The fourth-order valence-electron chi connectivity index (χ4n) is 2.36. The number of hydrogen-bond acceptors (Lipinski definition) is 6. The molecule has 124 valence electrons. The molecule has 0 unspecified atom stereocenters. The van der Waals surface area contributed by atoms with E-state index in [4.69, 9.17) is 13.9 Å². The van der Waals surface area contributed by atoms with E-state index in [2.05, 4.69) is 4.98 Å². The van der Waals surface area contributed by atoms with Crippen LogP contribution in [0.5, 0.6) is 5.75 Å². The molecule has 3 rings (SSSR count). The van der Waals surface area contributed by atoms with E-state index >= 15 is 0 Å². The molecule has 5 nitrogen and oxygen atoms in total. The largest absolute Gasteiger partial charge is 0.497 e. The van der Waals surface area contributed by atoms with Crippen LogP contribution in [0.15, 0.2) is 52.0 Å². The maximum absolute atomic E-state index is 12.4. The molecule has 0 radical (unpaired) electrons. The summed E-state index contributed by atoms with van der Waals surface area (Å²) in [5, 5.41) is 1.56. The summed E-state index contributed by atoms with van der Waals surface area (Å²) in [7, 11) is 1.59. The molecule has 0 saturated carbocycles. The zero-order chi connectivity index (χ0) is 16.9. The van der Waals surface area contributed by atoms with Crippen LogP contribution in [-0.2, 0) is 10.5 Å². The maximum Gasteiger partial charge on any atom is 0.342 e. The number of ether oxygens (including phenoxy) is 2. The average molecular weight is 343 g/mol. The van der Waals surface area contributed by atoms with Gasteiger partial charge in [0.1, 0.15) is 22.7 Å². The van der Waals surface area contributed by atoms with Gasteiger partial charge in [-0.25, -0.2) is 9.78 Å². The molecule has 0 N–H and O–H groups in total. The average Bonchev–Trinajstić information content (AvgIpc) is 2.98. The number of benzene rings is 1. The van der Waals surface area contributed by atoms with Crippen molar-refractivity contribution in [3.63, 3.8) is 0 Å². The van der Waals surface area contributed by atoms with Gasteiger partial charge in [0.15, 0.2) is 0 Å². The molecule has 2 aromatic heterocycles. The second kappa shape index (κ2) is 7.40. The molecule has 0 bridgehead atoms. The van der Waals surface area contributed by atoms with E-state index in [1.807, 2.05) is 18.2 Å². The molecular weight excluding hydrogens is 326 g/mol. The molecule has 0 aliphatic heterocycles. The third-order valence-electron chi connectivity index (χ3n) is 3.44. The van der Waals surface area contributed by atoms with Gasteiger partial charge in [-0.1, -0.05) is 17.8 Å². The van der Waals surface area contributed by atoms with Crippen molar-refractivity contribution in [3.05, 3.63) is 53.9 Å². The molecule has 1 aromatic carbocycles. The van der Waals surface area contributed by atoms with Crippen LogP contribution in [0.25, 0.3) is 11.0 Å². The Bertz CT molecular complexity index is 845. The summed E-state index contributed by atoms with van der Waals surface area (Å²) in [6, 6.07) is 11.1. The molecule has 0 atom stereocenters. The molecule has 2 heterocycles. The lowest BCUT2D eigenvalue weighted by Gasteiger charge is -2.04. The minimum atomic E-state index is -0.388. The van der Waals surface area contributed by atoms with E-state index in [9.17, 15) is 4.79 Å². The van der Waals surface area contributed by atoms with Crippen LogP contribution in [0.1, 0.15) is 23.0 Å². The Morgan fingerprint density at radius 3 is 2.88 bits per heavy atom. The lowest BCUT2D eigenvalue weighted by atomic mass is 10.1. The van der Waals surface area contributed by atoms with Crippen molar-refractivity contribution in [1.29, 1.82) is 0 Å². The van der Waals surface area contributed by atoms with Crippen molar-refractivity contribution in [2.45, 2.75) is 17.7 Å². The topological polar surface area (TPSA) is 61.6 Å². The molecule has 0 saturated heterocycles. The van der Waals surface area contributed by atoms with Crippen LogP contribution in [0, 0.1) is 0 Å². The van der Waals surface area contributed by atoms with Gasteiger partial charge in [-0.2, -0.15) is 0 Å². The smallest absolute Gasteiger partial charge is 0.342 e. The highest BCUT2D eigenvalue weighted by molar-refractivity contribution is 7.98. The second-order valence-electron chi connectivity index (χ2n) is 4.94. The van der Waals surface area contributed by atoms with Crippen molar-refractivity contribution in [2.24, 2.45) is 0 Å². The molecule has 6 heteroatoms. The normalized spacial score (nSPS) is 10.8. The Balaban J connectivity index is 1.98. The van der Waals surface area contributed by atoms with Gasteiger partial charge >= 0.3 is 5.97 Å². The van der Waals surface area contributed by atoms with Crippen molar-refractivity contribution in [1.82, 2.24) is 4.98 Å². The molecule has 0 aliphatic carbocycles. The van der Waals surface area contributed by atoms with E-state index in [0.717, 1.165) is 5.03 Å². The summed E-state index contributed by atoms with van der Waals surface area (Å²) in [4.78, 5) is 16.7. The number of methoxy groups -OCH3 is 1. The third kappa shape index (κ3) is 3.38. The minimum absolute atomic E-state index is 0.308. The van der Waals surface area contributed by atoms with E-state index in [1.165, 1.54) is 11.8 Å². The fourth-order valence-corrected chi connectivity index (χ4v) is 3.15. The van der Waals surface area contributed by atoms with Crippen LogP contribution in [0.4, 0.5) is 0 Å². The highest BCUT2D eigenvalue weighted by Gasteiger charge is 2.22. The standard InChI is InChI=1S/C18H17NO4S/c1-3-22-18(20)17-13-10-12(21-2)7-8-14(13)23-15(17)11-24-16-6-4-5-9-19-16/h4-10H,3,11H2,1-2H3. The molecule has 24 heavy (non-hydrogen) atoms. The first-order valence-electron chi connectivity index (χ1n) is 7.53. The van der Waals surface area contributed by atoms with Crippen molar-refractivity contribution in [2.75, 3.05) is 13.7 Å². The molecule has 0 spiro atoms. The monoisotopic (exact) mass is 343 g/mol. The Kier molecular flexibility index (Phi) is 5.05. The highest BCUT2D eigenvalue weighted by Crippen LogP contribution is 2.33. The summed E-state index contributed by atoms with van der Waals surface area (Å²) in [5.74, 6) is 1.34. The number of thioether (sulfide) groups is 1. The third-order valence-corrected chi connectivity index (χ3v) is 4.38. The summed E-state index contributed by atoms with van der Waals surface area (Å²) in [6.07, 6.45) is 1.73. The first-order valence-corrected chi connectivity index (χ1v) is 8.52. The number of nitrogens with zero attached hydrogens (tertiary/aromatic N) is 1. The van der Waals surface area contributed by atoms with Gasteiger partial charge in [0.2, 0.25) is 0 Å². The van der Waals surface area contributed by atoms with E-state index in [1.54, 1.807) is 38.4 Å². The molecule has 3 aromatic rings. The van der Waals surface area contributed by atoms with Gasteiger partial charge in [-0.15, -0.1) is 0 Å². The van der Waals surface area contributed by atoms with Crippen molar-refractivity contribution in [3.8, 4) is 5.75 Å². The predicted molar refractivity (Wildman–Crippen MR) is 92.5 cm³/mol. The van der Waals surface area contributed by atoms with Gasteiger partial charge in [0.25, 0.3) is 0 Å². The first kappa shape index (κ1) is 16.4. The van der Waals surface area contributed by atoms with E-state index in [0.29, 0.717) is 40.4 Å². The van der Waals surface area contributed by atoms with Crippen LogP contribution >= 0.6 is 11.8 Å². The highest BCUT2D eigenvalue weighted by atomic mass is 32.2. The van der Waals surface area contributed by atoms with Crippen molar-refractivity contribution >= 4 is 28.7 Å². The zero-order valence-electron chi connectivity index (χ0n) is 13.4. The van der Waals surface area contributed by atoms with Crippen LogP contribution in [0.3, 0.4) is 0 Å². The lowest BCUT2D eigenvalue weighted by Crippen LogP contribution is -2.06.